The first-order valence-electron chi connectivity index (χ1n) is 21.1. The lowest BCUT2D eigenvalue weighted by molar-refractivity contribution is 0.386. The van der Waals surface area contributed by atoms with Crippen molar-refractivity contribution in [3.8, 4) is 0 Å². The van der Waals surface area contributed by atoms with Crippen molar-refractivity contribution in [2.45, 2.75) is 38.3 Å². The zero-order chi connectivity index (χ0) is 39.5. The van der Waals surface area contributed by atoms with Crippen molar-refractivity contribution >= 4 is 98.7 Å². The highest BCUT2D eigenvalue weighted by Crippen LogP contribution is 2.46. The number of hydrogen-bond acceptors (Lipinski definition) is 3. The van der Waals surface area contributed by atoms with E-state index in [2.05, 4.69) is 135 Å². The molecule has 12 aromatic rings. The minimum atomic E-state index is -0.676. The third-order valence-electron chi connectivity index (χ3n) is 13.2. The van der Waals surface area contributed by atoms with Crippen LogP contribution in [-0.4, -0.2) is 8.97 Å². The predicted octanol–water partition coefficient (Wildman–Crippen LogP) is 13.0. The molecule has 8 aromatic carbocycles. The smallest absolute Gasteiger partial charge is 0.135 e. The first-order valence-corrected chi connectivity index (χ1v) is 21.1. The van der Waals surface area contributed by atoms with Gasteiger partial charge in [-0.3, -0.25) is 5.32 Å². The highest BCUT2D eigenvalue weighted by Gasteiger charge is 2.28. The maximum absolute atomic E-state index is 9.43. The summed E-state index contributed by atoms with van der Waals surface area (Å²) < 4.78 is 11.5. The number of fused-ring (bicyclic) bond motifs is 17. The zero-order valence-corrected chi connectivity index (χ0v) is 32.9. The number of rotatable bonds is 7. The van der Waals surface area contributed by atoms with Gasteiger partial charge in [-0.05, 0) is 82.3 Å². The lowest BCUT2D eigenvalue weighted by Gasteiger charge is -2.31. The average molecular weight is 775 g/mol. The van der Waals surface area contributed by atoms with Gasteiger partial charge < -0.3 is 24.4 Å². The molecule has 2 unspecified atom stereocenters. The quantitative estimate of drug-likeness (QED) is 0.158. The summed E-state index contributed by atoms with van der Waals surface area (Å²) >= 11 is 0. The molecule has 6 nitrogen and oxygen atoms in total. The van der Waals surface area contributed by atoms with Crippen LogP contribution in [0, 0.1) is 0 Å². The van der Waals surface area contributed by atoms with Gasteiger partial charge in [-0.1, -0.05) is 145 Å². The summed E-state index contributed by atoms with van der Waals surface area (Å²) in [4.78, 5) is 0. The van der Waals surface area contributed by atoms with E-state index in [9.17, 15) is 5.73 Å². The standard InChI is InChI=1S/C54H40N5O/c55-53(32-15-2-1-3-16-32)57-54(41-25-14-28-46-47(41)39-23-11-13-27-45(39)60-46)56-31-58-43-26-12-10-22-38(43)48-35-19-6-7-20-36(35)49-40-24-9-8-21-37-42-29-33-17-4-5-18-34(33)30-44(42)59(50(37)40)52(49)51(48)58/h1-7,10-23,25-30,53-57H,8-9,24,31H2/q-1. The third kappa shape index (κ3) is 4.81. The van der Waals surface area contributed by atoms with Crippen molar-refractivity contribution in [3.63, 3.8) is 0 Å². The summed E-state index contributed by atoms with van der Waals surface area (Å²) in [6.07, 6.45) is 4.63. The summed E-state index contributed by atoms with van der Waals surface area (Å²) in [5.74, 6) is 0. The summed E-state index contributed by atoms with van der Waals surface area (Å²) in [6.45, 7) is 0.492. The van der Waals surface area contributed by atoms with E-state index in [0.717, 1.165) is 52.3 Å². The highest BCUT2D eigenvalue weighted by molar-refractivity contribution is 6.33. The molecule has 3 N–H and O–H groups in total. The number of nitrogens with one attached hydrogen (secondary N) is 3. The molecule has 0 amide bonds. The molecule has 13 rings (SSSR count). The molecule has 0 bridgehead atoms. The molecular weight excluding hydrogens is 735 g/mol. The van der Waals surface area contributed by atoms with Crippen molar-refractivity contribution in [1.29, 1.82) is 0 Å². The first kappa shape index (κ1) is 34.0. The molecule has 0 fully saturated rings. The zero-order valence-electron chi connectivity index (χ0n) is 32.9. The molecule has 0 radical (unpaired) electrons. The molecule has 4 aromatic heterocycles. The van der Waals surface area contributed by atoms with Crippen LogP contribution in [0.1, 0.15) is 41.9 Å². The topological polar surface area (TPSA) is 70.3 Å². The Balaban J connectivity index is 1.11. The van der Waals surface area contributed by atoms with Crippen LogP contribution in [0.15, 0.2) is 162 Å². The second kappa shape index (κ2) is 13.0. The fraction of sp³-hybridized carbons (Fsp3) is 0.111. The van der Waals surface area contributed by atoms with Crippen LogP contribution in [0.25, 0.3) is 104 Å². The minimum Gasteiger partial charge on any atom is -0.658 e. The number of hydrogen-bond donors (Lipinski definition) is 2. The fourth-order valence-electron chi connectivity index (χ4n) is 10.7. The molecule has 0 aliphatic heterocycles. The average Bonchev–Trinajstić information content (AvgIpc) is 3.98. The Morgan fingerprint density at radius 3 is 2.13 bits per heavy atom. The number of para-hydroxylation sites is 2. The molecular formula is C54H40N5O-. The van der Waals surface area contributed by atoms with E-state index in [0.29, 0.717) is 6.67 Å². The molecule has 6 heteroatoms. The monoisotopic (exact) mass is 774 g/mol. The predicted molar refractivity (Wildman–Crippen MR) is 249 cm³/mol. The van der Waals surface area contributed by atoms with Crippen molar-refractivity contribution in [2.75, 3.05) is 0 Å². The lowest BCUT2D eigenvalue weighted by Crippen LogP contribution is -2.36. The van der Waals surface area contributed by atoms with Crippen LogP contribution >= 0.6 is 0 Å². The largest absolute Gasteiger partial charge is 0.658 e. The van der Waals surface area contributed by atoms with Crippen LogP contribution in [-0.2, 0) is 13.1 Å². The van der Waals surface area contributed by atoms with Crippen LogP contribution in [0.5, 0.6) is 0 Å². The number of nitrogens with zero attached hydrogens (tertiary/aromatic N) is 2. The van der Waals surface area contributed by atoms with E-state index >= 15 is 0 Å². The number of benzene rings is 8. The maximum Gasteiger partial charge on any atom is 0.135 e. The molecule has 4 heterocycles. The molecule has 60 heavy (non-hydrogen) atoms. The van der Waals surface area contributed by atoms with Gasteiger partial charge in [0, 0.05) is 37.5 Å². The second-order valence-electron chi connectivity index (χ2n) is 16.5. The highest BCUT2D eigenvalue weighted by atomic mass is 16.3. The summed E-state index contributed by atoms with van der Waals surface area (Å²) in [6, 6.07) is 56.2. The Hall–Kier alpha value is -6.96. The Bertz CT molecular complexity index is 3760. The van der Waals surface area contributed by atoms with E-state index in [1.807, 2.05) is 48.5 Å². The van der Waals surface area contributed by atoms with Crippen LogP contribution in [0.3, 0.4) is 0 Å². The lowest BCUT2D eigenvalue weighted by atomic mass is 9.96. The van der Waals surface area contributed by atoms with Gasteiger partial charge in [-0.15, -0.1) is 0 Å². The van der Waals surface area contributed by atoms with E-state index < -0.39 is 12.3 Å². The number of furan rings is 1. The second-order valence-corrected chi connectivity index (χ2v) is 16.5. The maximum atomic E-state index is 9.43. The molecule has 0 saturated carbocycles. The van der Waals surface area contributed by atoms with Gasteiger partial charge in [0.1, 0.15) is 11.2 Å². The van der Waals surface area contributed by atoms with Gasteiger partial charge in [0.2, 0.25) is 0 Å². The van der Waals surface area contributed by atoms with Crippen molar-refractivity contribution < 1.29 is 4.42 Å². The first-order chi connectivity index (χ1) is 29.7. The summed E-state index contributed by atoms with van der Waals surface area (Å²) in [5.41, 5.74) is 20.8. The van der Waals surface area contributed by atoms with Crippen molar-refractivity contribution in [2.24, 2.45) is 0 Å². The minimum absolute atomic E-state index is 0.398. The van der Waals surface area contributed by atoms with Gasteiger partial charge in [0.25, 0.3) is 0 Å². The van der Waals surface area contributed by atoms with E-state index in [1.54, 1.807) is 0 Å². The SMILES string of the molecule is [NH-]C(NC(NCn1c2ccccc2c2c3ccccc3c3c4c5c(c6cc7ccccc7cc6n5c3c21)=CCCC4)c1cccc2oc3ccccc3c12)c1ccccc1. The fourth-order valence-corrected chi connectivity index (χ4v) is 10.7. The van der Waals surface area contributed by atoms with Gasteiger partial charge in [0.15, 0.2) is 0 Å². The third-order valence-corrected chi connectivity index (χ3v) is 13.2. The summed E-state index contributed by atoms with van der Waals surface area (Å²) in [5, 5.41) is 21.5. The Kier molecular flexibility index (Phi) is 7.37. The van der Waals surface area contributed by atoms with Crippen molar-refractivity contribution in [3.05, 3.63) is 185 Å². The Labute approximate surface area is 345 Å². The molecule has 0 saturated heterocycles. The molecule has 288 valence electrons. The van der Waals surface area contributed by atoms with E-state index in [4.69, 9.17) is 4.42 Å². The molecule has 1 aliphatic carbocycles. The van der Waals surface area contributed by atoms with Gasteiger partial charge in [0.05, 0.1) is 40.4 Å². The Morgan fingerprint density at radius 2 is 1.28 bits per heavy atom. The van der Waals surface area contributed by atoms with Gasteiger partial charge >= 0.3 is 0 Å². The van der Waals surface area contributed by atoms with E-state index in [1.165, 1.54) is 81.5 Å². The Morgan fingerprint density at radius 1 is 0.583 bits per heavy atom. The molecule has 0 spiro atoms. The van der Waals surface area contributed by atoms with Gasteiger partial charge in [-0.2, -0.15) is 0 Å². The van der Waals surface area contributed by atoms with Crippen LogP contribution < -0.4 is 15.9 Å². The number of aryl methyl sites for hydroxylation is 1. The normalized spacial score (nSPS) is 14.4. The van der Waals surface area contributed by atoms with Crippen LogP contribution in [0.2, 0.25) is 0 Å². The summed E-state index contributed by atoms with van der Waals surface area (Å²) in [7, 11) is 0. The van der Waals surface area contributed by atoms with Gasteiger partial charge in [-0.25, -0.2) is 0 Å². The molecule has 2 atom stereocenters. The van der Waals surface area contributed by atoms with Crippen molar-refractivity contribution in [1.82, 2.24) is 19.6 Å². The number of aromatic nitrogens is 2. The van der Waals surface area contributed by atoms with Crippen LogP contribution in [0.4, 0.5) is 0 Å². The molecule has 1 aliphatic rings. The van der Waals surface area contributed by atoms with E-state index in [-0.39, 0.29) is 0 Å².